The van der Waals surface area contributed by atoms with Crippen LogP contribution in [0.3, 0.4) is 0 Å². The average Bonchev–Trinajstić information content (AvgIpc) is 2.58. The van der Waals surface area contributed by atoms with E-state index in [0.29, 0.717) is 11.9 Å². The Labute approximate surface area is 142 Å². The maximum absolute atomic E-state index is 12.3. The molecule has 2 N–H and O–H groups in total. The monoisotopic (exact) mass is 346 g/mol. The van der Waals surface area contributed by atoms with Crippen molar-refractivity contribution in [2.24, 2.45) is 0 Å². The highest BCUT2D eigenvalue weighted by Gasteiger charge is 2.16. The summed E-state index contributed by atoms with van der Waals surface area (Å²) < 4.78 is 27.1. The molecular formula is C17H22N4O2S. The maximum Gasteiger partial charge on any atom is 0.263 e. The normalized spacial score (nSPS) is 15.9. The number of hydrogen-bond acceptors (Lipinski definition) is 5. The molecule has 24 heavy (non-hydrogen) atoms. The Bertz CT molecular complexity index is 767. The Morgan fingerprint density at radius 1 is 0.917 bits per heavy atom. The number of hydrogen-bond donors (Lipinski definition) is 2. The zero-order chi connectivity index (χ0) is 17.0. The largest absolute Gasteiger partial charge is 0.366 e. The highest BCUT2D eigenvalue weighted by molar-refractivity contribution is 7.92. The zero-order valence-electron chi connectivity index (χ0n) is 13.7. The SMILES string of the molecule is Cc1ccc(S(=O)(=O)Nc2ccc(NC3CCCCC3)nn2)cc1. The van der Waals surface area contributed by atoms with Gasteiger partial charge in [-0.2, -0.15) is 0 Å². The van der Waals surface area contributed by atoms with Crippen LogP contribution >= 0.6 is 0 Å². The molecule has 0 aliphatic heterocycles. The Hall–Kier alpha value is -2.15. The van der Waals surface area contributed by atoms with Crippen molar-refractivity contribution in [1.29, 1.82) is 0 Å². The maximum atomic E-state index is 12.3. The molecule has 1 aromatic heterocycles. The Morgan fingerprint density at radius 3 is 2.17 bits per heavy atom. The molecule has 6 nitrogen and oxygen atoms in total. The Balaban J connectivity index is 1.66. The van der Waals surface area contributed by atoms with E-state index in [1.54, 1.807) is 36.4 Å². The second-order valence-electron chi connectivity index (χ2n) is 6.20. The van der Waals surface area contributed by atoms with Gasteiger partial charge in [0.1, 0.15) is 5.82 Å². The van der Waals surface area contributed by atoms with Gasteiger partial charge in [-0.25, -0.2) is 8.42 Å². The molecular weight excluding hydrogens is 324 g/mol. The molecule has 1 aromatic carbocycles. The van der Waals surface area contributed by atoms with Crippen molar-refractivity contribution < 1.29 is 8.42 Å². The molecule has 1 aliphatic rings. The van der Waals surface area contributed by atoms with Gasteiger partial charge < -0.3 is 5.32 Å². The number of benzene rings is 1. The molecule has 1 heterocycles. The highest BCUT2D eigenvalue weighted by atomic mass is 32.2. The second-order valence-corrected chi connectivity index (χ2v) is 7.88. The van der Waals surface area contributed by atoms with Crippen molar-refractivity contribution in [2.75, 3.05) is 10.0 Å². The molecule has 3 rings (SSSR count). The predicted molar refractivity (Wildman–Crippen MR) is 94.5 cm³/mol. The van der Waals surface area contributed by atoms with Crippen LogP contribution in [0, 0.1) is 6.92 Å². The first-order chi connectivity index (χ1) is 11.5. The molecule has 7 heteroatoms. The molecule has 0 radical (unpaired) electrons. The number of rotatable bonds is 5. The number of aromatic nitrogens is 2. The first-order valence-corrected chi connectivity index (χ1v) is 9.71. The van der Waals surface area contributed by atoms with Crippen LogP contribution in [-0.2, 0) is 10.0 Å². The van der Waals surface area contributed by atoms with Crippen molar-refractivity contribution in [3.8, 4) is 0 Å². The third-order valence-corrected chi connectivity index (χ3v) is 5.56. The predicted octanol–water partition coefficient (Wildman–Crippen LogP) is 3.33. The van der Waals surface area contributed by atoms with E-state index in [4.69, 9.17) is 0 Å². The fourth-order valence-electron chi connectivity index (χ4n) is 2.83. The van der Waals surface area contributed by atoms with E-state index >= 15 is 0 Å². The van der Waals surface area contributed by atoms with Crippen LogP contribution in [0.1, 0.15) is 37.7 Å². The number of nitrogens with one attached hydrogen (secondary N) is 2. The first kappa shape index (κ1) is 16.7. The number of sulfonamides is 1. The molecule has 128 valence electrons. The lowest BCUT2D eigenvalue weighted by atomic mass is 9.95. The van der Waals surface area contributed by atoms with E-state index in [0.717, 1.165) is 18.4 Å². The summed E-state index contributed by atoms with van der Waals surface area (Å²) in [5.41, 5.74) is 1.01. The molecule has 0 amide bonds. The summed E-state index contributed by atoms with van der Waals surface area (Å²) in [5.74, 6) is 0.893. The van der Waals surface area contributed by atoms with Crippen LogP contribution in [-0.4, -0.2) is 24.7 Å². The lowest BCUT2D eigenvalue weighted by Gasteiger charge is -2.22. The smallest absolute Gasteiger partial charge is 0.263 e. The topological polar surface area (TPSA) is 84.0 Å². The summed E-state index contributed by atoms with van der Waals surface area (Å²) in [6.45, 7) is 1.91. The zero-order valence-corrected chi connectivity index (χ0v) is 14.5. The van der Waals surface area contributed by atoms with Crippen molar-refractivity contribution in [3.05, 3.63) is 42.0 Å². The van der Waals surface area contributed by atoms with E-state index in [1.165, 1.54) is 19.3 Å². The van der Waals surface area contributed by atoms with Gasteiger partial charge in [0, 0.05) is 6.04 Å². The molecule has 2 aromatic rings. The Morgan fingerprint density at radius 2 is 1.54 bits per heavy atom. The van der Waals surface area contributed by atoms with Gasteiger partial charge in [0.2, 0.25) is 0 Å². The van der Waals surface area contributed by atoms with Crippen LogP contribution in [0.4, 0.5) is 11.6 Å². The van der Waals surface area contributed by atoms with E-state index in [9.17, 15) is 8.42 Å². The molecule has 0 spiro atoms. The van der Waals surface area contributed by atoms with Crippen LogP contribution < -0.4 is 10.0 Å². The van der Waals surface area contributed by atoms with Gasteiger partial charge >= 0.3 is 0 Å². The second kappa shape index (κ2) is 7.17. The summed E-state index contributed by atoms with van der Waals surface area (Å²) >= 11 is 0. The minimum atomic E-state index is -3.64. The van der Waals surface area contributed by atoms with Gasteiger partial charge in [-0.1, -0.05) is 37.0 Å². The van der Waals surface area contributed by atoms with Gasteiger partial charge in [0.15, 0.2) is 5.82 Å². The standard InChI is InChI=1S/C17H22N4O2S/c1-13-7-9-15(10-8-13)24(22,23)21-17-12-11-16(19-20-17)18-14-5-3-2-4-6-14/h7-12,14H,2-6H2,1H3,(H,18,19)(H,20,21). The molecule has 0 atom stereocenters. The Kier molecular flexibility index (Phi) is 4.99. The van der Waals surface area contributed by atoms with Gasteiger partial charge in [-0.15, -0.1) is 10.2 Å². The number of nitrogens with zero attached hydrogens (tertiary/aromatic N) is 2. The molecule has 0 bridgehead atoms. The lowest BCUT2D eigenvalue weighted by molar-refractivity contribution is 0.461. The van der Waals surface area contributed by atoms with Gasteiger partial charge in [0.05, 0.1) is 4.90 Å². The van der Waals surface area contributed by atoms with Gasteiger partial charge in [-0.05, 0) is 44.0 Å². The average molecular weight is 346 g/mol. The molecule has 1 saturated carbocycles. The number of anilines is 2. The van der Waals surface area contributed by atoms with E-state index < -0.39 is 10.0 Å². The van der Waals surface area contributed by atoms with Crippen LogP contribution in [0.5, 0.6) is 0 Å². The fraction of sp³-hybridized carbons (Fsp3) is 0.412. The third-order valence-electron chi connectivity index (χ3n) is 4.19. The lowest BCUT2D eigenvalue weighted by Crippen LogP contribution is -2.23. The summed E-state index contributed by atoms with van der Waals surface area (Å²) in [5, 5.41) is 11.4. The van der Waals surface area contributed by atoms with E-state index in [2.05, 4.69) is 20.2 Å². The fourth-order valence-corrected chi connectivity index (χ4v) is 3.83. The van der Waals surface area contributed by atoms with Crippen molar-refractivity contribution in [3.63, 3.8) is 0 Å². The summed E-state index contributed by atoms with van der Waals surface area (Å²) in [4.78, 5) is 0.208. The van der Waals surface area contributed by atoms with Crippen LogP contribution in [0.15, 0.2) is 41.3 Å². The quantitative estimate of drug-likeness (QED) is 0.867. The molecule has 1 fully saturated rings. The summed E-state index contributed by atoms with van der Waals surface area (Å²) in [6, 6.07) is 10.5. The van der Waals surface area contributed by atoms with E-state index in [1.807, 2.05) is 6.92 Å². The highest BCUT2D eigenvalue weighted by Crippen LogP contribution is 2.21. The molecule has 0 saturated heterocycles. The third kappa shape index (κ3) is 4.23. The summed E-state index contributed by atoms with van der Waals surface area (Å²) in [7, 11) is -3.64. The molecule has 1 aliphatic carbocycles. The summed E-state index contributed by atoms with van der Waals surface area (Å²) in [6.07, 6.45) is 6.05. The number of aryl methyl sites for hydroxylation is 1. The van der Waals surface area contributed by atoms with Crippen molar-refractivity contribution in [1.82, 2.24) is 10.2 Å². The van der Waals surface area contributed by atoms with Crippen LogP contribution in [0.25, 0.3) is 0 Å². The van der Waals surface area contributed by atoms with Crippen molar-refractivity contribution >= 4 is 21.7 Å². The molecule has 0 unspecified atom stereocenters. The first-order valence-electron chi connectivity index (χ1n) is 8.23. The van der Waals surface area contributed by atoms with E-state index in [-0.39, 0.29) is 10.7 Å². The van der Waals surface area contributed by atoms with Gasteiger partial charge in [0.25, 0.3) is 10.0 Å². The van der Waals surface area contributed by atoms with Crippen molar-refractivity contribution in [2.45, 2.75) is 50.0 Å². The minimum Gasteiger partial charge on any atom is -0.366 e. The van der Waals surface area contributed by atoms with Gasteiger partial charge in [-0.3, -0.25) is 4.72 Å². The minimum absolute atomic E-state index is 0.208. The van der Waals surface area contributed by atoms with Crippen LogP contribution in [0.2, 0.25) is 0 Å².